The highest BCUT2D eigenvalue weighted by Crippen LogP contribution is 2.44. The van der Waals surface area contributed by atoms with Crippen LogP contribution < -0.4 is 0 Å². The number of ether oxygens (including phenoxy) is 1. The van der Waals surface area contributed by atoms with Gasteiger partial charge in [0.25, 0.3) is 0 Å². The minimum Gasteiger partial charge on any atom is -0.462 e. The molecule has 21 heavy (non-hydrogen) atoms. The molecule has 0 radical (unpaired) electrons. The van der Waals surface area contributed by atoms with Crippen LogP contribution in [0.5, 0.6) is 0 Å². The van der Waals surface area contributed by atoms with Gasteiger partial charge in [-0.3, -0.25) is 4.79 Å². The SMILES string of the molecule is CC(C)OC(=O)[C@@]1(C)C=C(B2OC(C)(C)C(C)(C)O2)CC1. The molecule has 2 rings (SSSR count). The first-order valence-corrected chi connectivity index (χ1v) is 7.75. The van der Waals surface area contributed by atoms with E-state index in [2.05, 4.69) is 0 Å². The zero-order chi connectivity index (χ0) is 16.1. The van der Waals surface area contributed by atoms with Crippen molar-refractivity contribution in [1.29, 1.82) is 0 Å². The number of esters is 1. The molecule has 0 spiro atoms. The highest BCUT2D eigenvalue weighted by Gasteiger charge is 2.54. The fraction of sp³-hybridized carbons (Fsp3) is 0.812. The van der Waals surface area contributed by atoms with E-state index in [1.807, 2.05) is 54.5 Å². The van der Waals surface area contributed by atoms with E-state index in [0.717, 1.165) is 18.3 Å². The summed E-state index contributed by atoms with van der Waals surface area (Å²) < 4.78 is 17.5. The number of hydrogen-bond acceptors (Lipinski definition) is 4. The minimum atomic E-state index is -0.566. The summed E-state index contributed by atoms with van der Waals surface area (Å²) in [4.78, 5) is 12.2. The molecule has 4 nitrogen and oxygen atoms in total. The van der Waals surface area contributed by atoms with Crippen molar-refractivity contribution in [2.75, 3.05) is 0 Å². The predicted octanol–water partition coefficient (Wildman–Crippen LogP) is 3.30. The van der Waals surface area contributed by atoms with Crippen LogP contribution in [0.15, 0.2) is 11.5 Å². The Balaban J connectivity index is 2.14. The minimum absolute atomic E-state index is 0.0939. The monoisotopic (exact) mass is 294 g/mol. The zero-order valence-corrected chi connectivity index (χ0v) is 14.3. The second-order valence-electron chi connectivity index (χ2n) is 7.68. The van der Waals surface area contributed by atoms with E-state index in [0.29, 0.717) is 0 Å². The van der Waals surface area contributed by atoms with Gasteiger partial charge in [-0.1, -0.05) is 6.08 Å². The molecule has 0 aromatic carbocycles. The molecule has 0 saturated carbocycles. The predicted molar refractivity (Wildman–Crippen MR) is 82.7 cm³/mol. The smallest absolute Gasteiger partial charge is 0.462 e. The van der Waals surface area contributed by atoms with Crippen molar-refractivity contribution in [1.82, 2.24) is 0 Å². The van der Waals surface area contributed by atoms with Crippen molar-refractivity contribution in [2.45, 2.75) is 78.6 Å². The third kappa shape index (κ3) is 3.04. The summed E-state index contributed by atoms with van der Waals surface area (Å²) in [6, 6.07) is 0. The van der Waals surface area contributed by atoms with E-state index in [-0.39, 0.29) is 30.4 Å². The summed E-state index contributed by atoms with van der Waals surface area (Å²) in [5, 5.41) is 0. The van der Waals surface area contributed by atoms with Gasteiger partial charge < -0.3 is 14.0 Å². The van der Waals surface area contributed by atoms with Gasteiger partial charge >= 0.3 is 13.1 Å². The molecule has 0 amide bonds. The molecular weight excluding hydrogens is 267 g/mol. The molecule has 0 bridgehead atoms. The summed E-state index contributed by atoms with van der Waals surface area (Å²) >= 11 is 0. The number of rotatable bonds is 3. The van der Waals surface area contributed by atoms with E-state index in [9.17, 15) is 4.79 Å². The van der Waals surface area contributed by atoms with Gasteiger partial charge in [0.1, 0.15) is 0 Å². The number of hydrogen-bond donors (Lipinski definition) is 0. The molecule has 0 aromatic heterocycles. The van der Waals surface area contributed by atoms with Crippen LogP contribution in [0, 0.1) is 5.41 Å². The average Bonchev–Trinajstić information content (AvgIpc) is 2.79. The van der Waals surface area contributed by atoms with Crippen molar-refractivity contribution in [3.63, 3.8) is 0 Å². The Morgan fingerprint density at radius 3 is 2.19 bits per heavy atom. The Morgan fingerprint density at radius 1 is 1.19 bits per heavy atom. The highest BCUT2D eigenvalue weighted by molar-refractivity contribution is 6.54. The molecule has 1 aliphatic heterocycles. The van der Waals surface area contributed by atoms with Gasteiger partial charge in [-0.05, 0) is 66.8 Å². The van der Waals surface area contributed by atoms with Crippen molar-refractivity contribution in [3.8, 4) is 0 Å². The second-order valence-corrected chi connectivity index (χ2v) is 7.68. The topological polar surface area (TPSA) is 44.8 Å². The fourth-order valence-corrected chi connectivity index (χ4v) is 2.65. The number of carbonyl (C=O) groups excluding carboxylic acids is 1. The van der Waals surface area contributed by atoms with Crippen LogP contribution in [-0.2, 0) is 18.8 Å². The zero-order valence-electron chi connectivity index (χ0n) is 14.3. The van der Waals surface area contributed by atoms with E-state index >= 15 is 0 Å². The van der Waals surface area contributed by atoms with Gasteiger partial charge in [0.2, 0.25) is 0 Å². The lowest BCUT2D eigenvalue weighted by molar-refractivity contribution is -0.156. The Morgan fingerprint density at radius 2 is 1.71 bits per heavy atom. The van der Waals surface area contributed by atoms with Crippen LogP contribution in [0.3, 0.4) is 0 Å². The summed E-state index contributed by atoms with van der Waals surface area (Å²) in [5.41, 5.74) is -0.216. The lowest BCUT2D eigenvalue weighted by atomic mass is 9.77. The Bertz CT molecular complexity index is 451. The fourth-order valence-electron chi connectivity index (χ4n) is 2.65. The highest BCUT2D eigenvalue weighted by atomic mass is 16.7. The number of carbonyl (C=O) groups is 1. The summed E-state index contributed by atoms with van der Waals surface area (Å²) in [6.07, 6.45) is 3.45. The van der Waals surface area contributed by atoms with Crippen molar-refractivity contribution in [3.05, 3.63) is 11.5 Å². The van der Waals surface area contributed by atoms with E-state index in [4.69, 9.17) is 14.0 Å². The Labute approximate surface area is 128 Å². The van der Waals surface area contributed by atoms with E-state index in [1.165, 1.54) is 0 Å². The van der Waals surface area contributed by atoms with Gasteiger partial charge in [0, 0.05) is 0 Å². The van der Waals surface area contributed by atoms with Gasteiger partial charge in [0.05, 0.1) is 22.7 Å². The standard InChI is InChI=1S/C16H27BO4/c1-11(2)19-13(18)16(7)9-8-12(10-16)17-20-14(3,4)15(5,6)21-17/h10-11H,8-9H2,1-7H3/t16-/m1/s1. The summed E-state index contributed by atoms with van der Waals surface area (Å²) in [6.45, 7) is 13.8. The van der Waals surface area contributed by atoms with Crippen LogP contribution in [0.4, 0.5) is 0 Å². The van der Waals surface area contributed by atoms with Crippen LogP contribution in [0.25, 0.3) is 0 Å². The molecule has 118 valence electrons. The molecule has 2 aliphatic rings. The van der Waals surface area contributed by atoms with E-state index in [1.54, 1.807) is 0 Å². The molecule has 0 N–H and O–H groups in total. The first-order chi connectivity index (χ1) is 9.47. The quantitative estimate of drug-likeness (QED) is 0.592. The van der Waals surface area contributed by atoms with Crippen LogP contribution >= 0.6 is 0 Å². The molecule has 1 atom stereocenters. The molecule has 0 aromatic rings. The lowest BCUT2D eigenvalue weighted by Crippen LogP contribution is -2.41. The molecule has 1 fully saturated rings. The van der Waals surface area contributed by atoms with Crippen molar-refractivity contribution >= 4 is 13.1 Å². The Kier molecular flexibility index (Phi) is 4.05. The molecular formula is C16H27BO4. The van der Waals surface area contributed by atoms with Crippen molar-refractivity contribution in [2.24, 2.45) is 5.41 Å². The molecule has 1 heterocycles. The van der Waals surface area contributed by atoms with Crippen LogP contribution in [-0.4, -0.2) is 30.4 Å². The molecule has 1 saturated heterocycles. The third-order valence-electron chi connectivity index (χ3n) is 4.80. The maximum absolute atomic E-state index is 12.2. The first kappa shape index (κ1) is 16.6. The van der Waals surface area contributed by atoms with Crippen LogP contribution in [0.2, 0.25) is 0 Å². The number of allylic oxidation sites excluding steroid dienone is 1. The lowest BCUT2D eigenvalue weighted by Gasteiger charge is -2.32. The first-order valence-electron chi connectivity index (χ1n) is 7.75. The average molecular weight is 294 g/mol. The Hall–Kier alpha value is -0.805. The van der Waals surface area contributed by atoms with Gasteiger partial charge in [0.15, 0.2) is 0 Å². The summed E-state index contributed by atoms with van der Waals surface area (Å²) in [7, 11) is -0.358. The van der Waals surface area contributed by atoms with Crippen molar-refractivity contribution < 1.29 is 18.8 Å². The maximum Gasteiger partial charge on any atom is 0.490 e. The van der Waals surface area contributed by atoms with E-state index < -0.39 is 5.41 Å². The van der Waals surface area contributed by atoms with Gasteiger partial charge in [-0.15, -0.1) is 0 Å². The molecule has 5 heteroatoms. The third-order valence-corrected chi connectivity index (χ3v) is 4.80. The molecule has 1 aliphatic carbocycles. The maximum atomic E-state index is 12.2. The molecule has 0 unspecified atom stereocenters. The normalized spacial score (nSPS) is 30.7. The van der Waals surface area contributed by atoms with Crippen LogP contribution in [0.1, 0.15) is 61.3 Å². The summed E-state index contributed by atoms with van der Waals surface area (Å²) in [5.74, 6) is -0.163. The second kappa shape index (κ2) is 5.13. The van der Waals surface area contributed by atoms with Gasteiger partial charge in [-0.25, -0.2) is 0 Å². The largest absolute Gasteiger partial charge is 0.490 e. The van der Waals surface area contributed by atoms with Gasteiger partial charge in [-0.2, -0.15) is 0 Å².